The number of rotatable bonds is 0. The van der Waals surface area contributed by atoms with Gasteiger partial charge in [-0.1, -0.05) is 0 Å². The first-order valence-electron chi connectivity index (χ1n) is 0.577. The van der Waals surface area contributed by atoms with Gasteiger partial charge in [-0.2, -0.15) is 8.79 Å². The summed E-state index contributed by atoms with van der Waals surface area (Å²) < 4.78 is 0. The van der Waals surface area contributed by atoms with Gasteiger partial charge in [-0.15, -0.1) is 0 Å². The second-order valence-corrected chi connectivity index (χ2v) is 0. The van der Waals surface area contributed by atoms with E-state index in [1.807, 2.05) is 0 Å². The van der Waals surface area contributed by atoms with Gasteiger partial charge in [0.1, 0.15) is 0 Å². The third-order valence-corrected chi connectivity index (χ3v) is 0. The van der Waals surface area contributed by atoms with Gasteiger partial charge in [-0.3, -0.25) is 0 Å². The first-order valence-corrected chi connectivity index (χ1v) is 5.20. The van der Waals surface area contributed by atoms with Crippen molar-refractivity contribution in [2.75, 3.05) is 0 Å². The molecule has 0 aromatic carbocycles. The summed E-state index contributed by atoms with van der Waals surface area (Å²) in [6, 6.07) is 0. The molecule has 7 heavy (non-hydrogen) atoms. The summed E-state index contributed by atoms with van der Waals surface area (Å²) in [7, 11) is 3.78. The molecule has 7 heteroatoms. The van der Waals surface area contributed by atoms with Crippen molar-refractivity contribution in [3.8, 4) is 0 Å². The van der Waals surface area contributed by atoms with Crippen LogP contribution in [-0.2, 0) is 34.4 Å². The van der Waals surface area contributed by atoms with Crippen LogP contribution in [0.1, 0.15) is 0 Å². The fourth-order valence-corrected chi connectivity index (χ4v) is 0. The molecule has 0 fully saturated rings. The van der Waals surface area contributed by atoms with Crippen LogP contribution in [-0.4, -0.2) is 100 Å². The van der Waals surface area contributed by atoms with Crippen molar-refractivity contribution in [3.63, 3.8) is 0 Å². The van der Waals surface area contributed by atoms with Crippen molar-refractivity contribution in [3.05, 3.63) is 0 Å². The Bertz CT molecular complexity index is 19.7. The first kappa shape index (κ1) is 41.1. The average molecular weight is 263 g/mol. The third-order valence-electron chi connectivity index (χ3n) is 0. The van der Waals surface area contributed by atoms with Crippen molar-refractivity contribution < 1.29 is 34.4 Å². The predicted octanol–water partition coefficient (Wildman–Crippen LogP) is -3.34. The SMILES string of the molecule is [CaH2].[Cr].[MgH2].[Mn].[NaH].[SiH3]P. The maximum Gasteiger partial charge on any atom is 0.0252 e. The van der Waals surface area contributed by atoms with Crippen LogP contribution < -0.4 is 0 Å². The molecule has 0 rings (SSSR count). The van der Waals surface area contributed by atoms with Gasteiger partial charge in [0, 0.05) is 44.3 Å². The Balaban J connectivity index is -0.000000000500. The van der Waals surface area contributed by atoms with E-state index < -0.39 is 0 Å². The molecule has 1 unspecified atom stereocenters. The van der Waals surface area contributed by atoms with E-state index in [1.165, 1.54) is 9.91 Å². The summed E-state index contributed by atoms with van der Waals surface area (Å²) in [5.41, 5.74) is 0. The van der Waals surface area contributed by atoms with Gasteiger partial charge in [0.05, 0.1) is 0 Å². The van der Waals surface area contributed by atoms with Crippen LogP contribution in [0.5, 0.6) is 0 Å². The molecule has 0 aromatic rings. The fourth-order valence-electron chi connectivity index (χ4n) is 0. The van der Waals surface area contributed by atoms with E-state index in [-0.39, 0.29) is 125 Å². The summed E-state index contributed by atoms with van der Waals surface area (Å²) in [6.07, 6.45) is 0. The fraction of sp³-hybridized carbons (Fsp3) is 0. The van der Waals surface area contributed by atoms with E-state index in [1.54, 1.807) is 0 Å². The van der Waals surface area contributed by atoms with Gasteiger partial charge in [0.15, 0.2) is 0 Å². The van der Waals surface area contributed by atoms with Gasteiger partial charge < -0.3 is 0 Å². The van der Waals surface area contributed by atoms with Crippen molar-refractivity contribution >= 4 is 109 Å². The smallest absolute Gasteiger partial charge is 0.0252 e. The average Bonchev–Trinajstić information content (AvgIpc) is 1.00. The molecular formula is H10CaCrMgMnNaPSi. The predicted molar refractivity (Wildman–Crippen MR) is 43.9 cm³/mol. The largest absolute Gasteiger partial charge is 0.159 e. The van der Waals surface area contributed by atoms with Crippen LogP contribution in [0.25, 0.3) is 0 Å². The standard InChI is InChI=1S/Ca.Cr.Mg.Mn.Na.H5PSi.5H/c;;;;;1-2;;;;;/h;;;;;1H2,2H3;;;;;. The summed E-state index contributed by atoms with van der Waals surface area (Å²) in [5, 5.41) is 0. The second kappa shape index (κ2) is 45.4. The van der Waals surface area contributed by atoms with Gasteiger partial charge in [-0.25, -0.2) is 0 Å². The number of hydrogen-bond donors (Lipinski definition) is 0. The molecule has 0 amide bonds. The van der Waals surface area contributed by atoms with E-state index >= 15 is 0 Å². The molecule has 0 N–H and O–H groups in total. The quantitative estimate of drug-likeness (QED) is 0.317. The Labute approximate surface area is 140 Å². The zero-order chi connectivity index (χ0) is 2.00. The maximum atomic E-state index is 2.56. The summed E-state index contributed by atoms with van der Waals surface area (Å²) in [5.74, 6) is 0. The topological polar surface area (TPSA) is 0 Å². The van der Waals surface area contributed by atoms with Crippen molar-refractivity contribution in [1.82, 2.24) is 0 Å². The minimum atomic E-state index is 0. The van der Waals surface area contributed by atoms with E-state index in [9.17, 15) is 0 Å². The van der Waals surface area contributed by atoms with Crippen LogP contribution in [0.2, 0.25) is 0 Å². The Kier molecular flexibility index (Phi) is 267. The third kappa shape index (κ3) is 36.6. The van der Waals surface area contributed by atoms with E-state index in [4.69, 9.17) is 0 Å². The van der Waals surface area contributed by atoms with Gasteiger partial charge >= 0.3 is 90.3 Å². The Morgan fingerprint density at radius 3 is 1.14 bits per heavy atom. The molecule has 0 nitrogen and oxygen atoms in total. The van der Waals surface area contributed by atoms with E-state index in [2.05, 4.69) is 8.79 Å². The van der Waals surface area contributed by atoms with Crippen LogP contribution in [0.15, 0.2) is 0 Å². The van der Waals surface area contributed by atoms with Gasteiger partial charge in [0.2, 0.25) is 0 Å². The minimum absolute atomic E-state index is 0. The zero-order valence-electron chi connectivity index (χ0n) is 2.36. The maximum absolute atomic E-state index is 2.56. The molecule has 1 radical (unpaired) electrons. The summed E-state index contributed by atoms with van der Waals surface area (Å²) >= 11 is 0. The molecule has 0 saturated heterocycles. The first-order chi connectivity index (χ1) is 1.00. The number of hydrogen-bond acceptors (Lipinski definition) is 0. The van der Waals surface area contributed by atoms with Crippen molar-refractivity contribution in [2.45, 2.75) is 0 Å². The molecule has 0 aliphatic carbocycles. The van der Waals surface area contributed by atoms with Gasteiger partial charge in [-0.05, 0) is 0 Å². The second-order valence-electron chi connectivity index (χ2n) is 0. The molecule has 0 saturated carbocycles. The molecule has 37 valence electrons. The Hall–Kier alpha value is 4.72. The molecule has 1 atom stereocenters. The molecular weight excluding hydrogens is 253 g/mol. The molecule has 0 spiro atoms. The van der Waals surface area contributed by atoms with Crippen LogP contribution in [0.3, 0.4) is 0 Å². The van der Waals surface area contributed by atoms with Crippen molar-refractivity contribution in [2.24, 2.45) is 0 Å². The Morgan fingerprint density at radius 2 is 1.14 bits per heavy atom. The molecule has 0 aromatic heterocycles. The van der Waals surface area contributed by atoms with Crippen LogP contribution in [0, 0.1) is 0 Å². The summed E-state index contributed by atoms with van der Waals surface area (Å²) in [6.45, 7) is 0. The Morgan fingerprint density at radius 1 is 1.14 bits per heavy atom. The summed E-state index contributed by atoms with van der Waals surface area (Å²) in [4.78, 5) is 0. The van der Waals surface area contributed by atoms with E-state index in [0.29, 0.717) is 0 Å². The van der Waals surface area contributed by atoms with E-state index in [0.717, 1.165) is 0 Å². The van der Waals surface area contributed by atoms with Crippen LogP contribution in [0.4, 0.5) is 0 Å². The molecule has 0 aliphatic heterocycles. The minimum Gasteiger partial charge on any atom is -0.159 e. The molecule has 0 aliphatic rings. The van der Waals surface area contributed by atoms with Crippen molar-refractivity contribution in [1.29, 1.82) is 0 Å². The molecule has 0 bridgehead atoms. The van der Waals surface area contributed by atoms with Crippen LogP contribution >= 0.6 is 8.79 Å². The zero-order valence-corrected chi connectivity index (χ0v) is 7.97. The van der Waals surface area contributed by atoms with Gasteiger partial charge in [0.25, 0.3) is 0 Å². The molecule has 0 heterocycles. The normalized spacial score (nSPS) is 1.29. The monoisotopic (exact) mass is 263 g/mol.